The van der Waals surface area contributed by atoms with Crippen LogP contribution in [0.1, 0.15) is 33.6 Å². The molecule has 3 rings (SSSR count). The molecule has 0 spiro atoms. The highest BCUT2D eigenvalue weighted by atomic mass is 16.6. The van der Waals surface area contributed by atoms with E-state index < -0.39 is 16.8 Å². The molecule has 3 aromatic rings. The number of carbonyl (C=O) groups is 2. The van der Waals surface area contributed by atoms with E-state index in [0.29, 0.717) is 5.75 Å². The largest absolute Gasteiger partial charge is 0.481 e. The molecule has 0 aliphatic rings. The zero-order chi connectivity index (χ0) is 23.4. The molecule has 0 aliphatic carbocycles. The Kier molecular flexibility index (Phi) is 6.53. The Balaban J connectivity index is 1.89. The van der Waals surface area contributed by atoms with E-state index in [2.05, 4.69) is 10.4 Å². The molecule has 10 nitrogen and oxygen atoms in total. The summed E-state index contributed by atoms with van der Waals surface area (Å²) in [6, 6.07) is 9.26. The lowest BCUT2D eigenvalue weighted by molar-refractivity contribution is -0.384. The van der Waals surface area contributed by atoms with E-state index in [1.165, 1.54) is 35.1 Å². The molecular formula is C22H22N4O6. The third kappa shape index (κ3) is 5.28. The fraction of sp³-hybridized carbons (Fsp3) is 0.227. The van der Waals surface area contributed by atoms with Crippen molar-refractivity contribution in [2.45, 2.75) is 33.7 Å². The smallest absolute Gasteiger partial charge is 0.305 e. The van der Waals surface area contributed by atoms with Gasteiger partial charge in [0.15, 0.2) is 0 Å². The van der Waals surface area contributed by atoms with Gasteiger partial charge in [0, 0.05) is 18.3 Å². The van der Waals surface area contributed by atoms with Crippen LogP contribution in [0, 0.1) is 30.9 Å². The molecule has 1 amide bonds. The van der Waals surface area contributed by atoms with Crippen LogP contribution < -0.4 is 10.1 Å². The number of carboxylic acids is 1. The summed E-state index contributed by atoms with van der Waals surface area (Å²) in [5.74, 6) is -0.843. The number of anilines is 1. The zero-order valence-corrected chi connectivity index (χ0v) is 17.8. The van der Waals surface area contributed by atoms with Gasteiger partial charge in [-0.25, -0.2) is 0 Å². The average molecular weight is 438 g/mol. The van der Waals surface area contributed by atoms with E-state index in [-0.39, 0.29) is 35.8 Å². The Morgan fingerprint density at radius 1 is 1.19 bits per heavy atom. The number of ether oxygens (including phenoxy) is 1. The summed E-state index contributed by atoms with van der Waals surface area (Å²) in [5, 5.41) is 26.8. The van der Waals surface area contributed by atoms with Crippen LogP contribution in [0.15, 0.2) is 42.6 Å². The lowest BCUT2D eigenvalue weighted by Gasteiger charge is -2.13. The Morgan fingerprint density at radius 3 is 2.62 bits per heavy atom. The van der Waals surface area contributed by atoms with Crippen molar-refractivity contribution in [3.8, 4) is 11.5 Å². The number of non-ortho nitro benzene ring substituents is 1. The van der Waals surface area contributed by atoms with Gasteiger partial charge < -0.3 is 15.2 Å². The molecule has 10 heteroatoms. The van der Waals surface area contributed by atoms with Gasteiger partial charge >= 0.3 is 5.97 Å². The fourth-order valence-electron chi connectivity index (χ4n) is 3.15. The third-order valence-electron chi connectivity index (χ3n) is 4.84. The average Bonchev–Trinajstić information content (AvgIpc) is 3.18. The number of hydrogen-bond donors (Lipinski definition) is 2. The van der Waals surface area contributed by atoms with Crippen LogP contribution >= 0.6 is 0 Å². The number of nitrogens with zero attached hydrogens (tertiary/aromatic N) is 3. The van der Waals surface area contributed by atoms with Crippen molar-refractivity contribution in [3.05, 3.63) is 75.1 Å². The summed E-state index contributed by atoms with van der Waals surface area (Å²) < 4.78 is 7.19. The highest BCUT2D eigenvalue weighted by molar-refractivity contribution is 6.03. The molecule has 0 saturated carbocycles. The summed E-state index contributed by atoms with van der Waals surface area (Å²) in [5.41, 5.74) is 2.94. The van der Waals surface area contributed by atoms with Gasteiger partial charge in [-0.05, 0) is 49.6 Å². The number of nitro groups is 1. The highest BCUT2D eigenvalue weighted by Gasteiger charge is 2.17. The lowest BCUT2D eigenvalue weighted by atomic mass is 10.1. The number of carbonyl (C=O) groups excluding carboxylic acids is 1. The molecule has 0 bridgehead atoms. The van der Waals surface area contributed by atoms with Crippen LogP contribution in [-0.2, 0) is 11.3 Å². The van der Waals surface area contributed by atoms with Gasteiger partial charge in [-0.3, -0.25) is 24.4 Å². The van der Waals surface area contributed by atoms with Crippen LogP contribution in [0.25, 0.3) is 0 Å². The number of hydrogen-bond acceptors (Lipinski definition) is 6. The number of aryl methyl sites for hydroxylation is 3. The Bertz CT molecular complexity index is 1200. The van der Waals surface area contributed by atoms with Crippen LogP contribution in [0.3, 0.4) is 0 Å². The number of nitro benzene ring substituents is 1. The third-order valence-corrected chi connectivity index (χ3v) is 4.84. The first-order valence-electron chi connectivity index (χ1n) is 9.74. The Hall–Kier alpha value is -4.21. The SMILES string of the molecule is Cc1cc(C)c(C)c(Oc2cc(NC(=O)c3ccnn3CCC(=O)O)cc([N+](=O)[O-])c2)c1. The molecule has 1 aromatic heterocycles. The molecule has 32 heavy (non-hydrogen) atoms. The normalized spacial score (nSPS) is 10.6. The van der Waals surface area contributed by atoms with Crippen LogP contribution in [-0.4, -0.2) is 31.7 Å². The second kappa shape index (κ2) is 9.29. The molecular weight excluding hydrogens is 416 g/mol. The van der Waals surface area contributed by atoms with Crippen LogP contribution in [0.2, 0.25) is 0 Å². The van der Waals surface area contributed by atoms with E-state index in [1.54, 1.807) is 0 Å². The molecule has 2 N–H and O–H groups in total. The van der Waals surface area contributed by atoms with Gasteiger partial charge in [-0.2, -0.15) is 5.10 Å². The quantitative estimate of drug-likeness (QED) is 0.396. The fourth-order valence-corrected chi connectivity index (χ4v) is 3.15. The maximum atomic E-state index is 12.7. The van der Waals surface area contributed by atoms with E-state index in [9.17, 15) is 19.7 Å². The Morgan fingerprint density at radius 2 is 1.94 bits per heavy atom. The van der Waals surface area contributed by atoms with E-state index in [1.807, 2.05) is 32.9 Å². The molecule has 2 aromatic carbocycles. The lowest BCUT2D eigenvalue weighted by Crippen LogP contribution is -2.19. The minimum Gasteiger partial charge on any atom is -0.481 e. The van der Waals surface area contributed by atoms with E-state index in [0.717, 1.165) is 16.7 Å². The minimum absolute atomic E-state index is 0.0143. The summed E-state index contributed by atoms with van der Waals surface area (Å²) in [4.78, 5) is 34.3. The molecule has 0 saturated heterocycles. The molecule has 0 unspecified atom stereocenters. The molecule has 0 fully saturated rings. The first-order valence-corrected chi connectivity index (χ1v) is 9.74. The highest BCUT2D eigenvalue weighted by Crippen LogP contribution is 2.33. The summed E-state index contributed by atoms with van der Waals surface area (Å²) in [7, 11) is 0. The number of nitrogens with one attached hydrogen (secondary N) is 1. The van der Waals surface area contributed by atoms with Crippen molar-refractivity contribution >= 4 is 23.3 Å². The first kappa shape index (κ1) is 22.5. The minimum atomic E-state index is -1.02. The van der Waals surface area contributed by atoms with Gasteiger partial charge in [0.2, 0.25) is 0 Å². The number of amides is 1. The molecule has 0 radical (unpaired) electrons. The van der Waals surface area contributed by atoms with Crippen molar-refractivity contribution in [1.82, 2.24) is 9.78 Å². The van der Waals surface area contributed by atoms with Crippen molar-refractivity contribution in [1.29, 1.82) is 0 Å². The van der Waals surface area contributed by atoms with Gasteiger partial charge in [-0.1, -0.05) is 6.07 Å². The topological polar surface area (TPSA) is 137 Å². The number of carboxylic acid groups (broad SMARTS) is 1. The maximum absolute atomic E-state index is 12.7. The standard InChI is InChI=1S/C22H22N4O6/c1-13-8-14(2)15(3)20(9-13)32-18-11-16(10-17(12-18)26(30)31)24-22(29)19-4-6-23-25(19)7-5-21(27)28/h4,6,8-12H,5,7H2,1-3H3,(H,24,29)(H,27,28). The second-order valence-electron chi connectivity index (χ2n) is 7.32. The van der Waals surface area contributed by atoms with Crippen molar-refractivity contribution < 1.29 is 24.4 Å². The first-order chi connectivity index (χ1) is 15.1. The number of aliphatic carboxylic acids is 1. The number of rotatable bonds is 8. The van der Waals surface area contributed by atoms with Crippen LogP contribution in [0.5, 0.6) is 11.5 Å². The van der Waals surface area contributed by atoms with E-state index in [4.69, 9.17) is 9.84 Å². The zero-order valence-electron chi connectivity index (χ0n) is 17.8. The van der Waals surface area contributed by atoms with Crippen LogP contribution in [0.4, 0.5) is 11.4 Å². The number of aromatic nitrogens is 2. The summed E-state index contributed by atoms with van der Waals surface area (Å²) in [6.45, 7) is 5.77. The molecule has 0 atom stereocenters. The molecule has 0 aliphatic heterocycles. The van der Waals surface area contributed by atoms with Gasteiger partial charge in [0.05, 0.1) is 29.6 Å². The van der Waals surface area contributed by atoms with E-state index >= 15 is 0 Å². The summed E-state index contributed by atoms with van der Waals surface area (Å²) >= 11 is 0. The van der Waals surface area contributed by atoms with Gasteiger partial charge in [0.25, 0.3) is 11.6 Å². The predicted octanol–water partition coefficient (Wildman–Crippen LogP) is 4.24. The second-order valence-corrected chi connectivity index (χ2v) is 7.32. The summed E-state index contributed by atoms with van der Waals surface area (Å²) in [6.07, 6.45) is 1.17. The monoisotopic (exact) mass is 438 g/mol. The predicted molar refractivity (Wildman–Crippen MR) is 116 cm³/mol. The Labute approximate surface area is 183 Å². The molecule has 1 heterocycles. The van der Waals surface area contributed by atoms with Gasteiger partial charge in [0.1, 0.15) is 17.2 Å². The molecule has 166 valence electrons. The van der Waals surface area contributed by atoms with Crippen molar-refractivity contribution in [3.63, 3.8) is 0 Å². The number of benzene rings is 2. The maximum Gasteiger partial charge on any atom is 0.305 e. The van der Waals surface area contributed by atoms with Crippen molar-refractivity contribution in [2.75, 3.05) is 5.32 Å². The van der Waals surface area contributed by atoms with Gasteiger partial charge in [-0.15, -0.1) is 0 Å². The van der Waals surface area contributed by atoms with Crippen molar-refractivity contribution in [2.24, 2.45) is 0 Å².